The van der Waals surface area contributed by atoms with E-state index in [1.165, 1.54) is 6.20 Å². The van der Waals surface area contributed by atoms with Crippen LogP contribution in [0.25, 0.3) is 0 Å². The monoisotopic (exact) mass is 319 g/mol. The number of aromatic nitrogens is 1. The Kier molecular flexibility index (Phi) is 5.99. The van der Waals surface area contributed by atoms with Gasteiger partial charge < -0.3 is 24.5 Å². The van der Waals surface area contributed by atoms with E-state index in [0.29, 0.717) is 30.5 Å². The zero-order valence-electron chi connectivity index (χ0n) is 13.5. The molecule has 2 heterocycles. The molecule has 0 aromatic carbocycles. The fourth-order valence-electron chi connectivity index (χ4n) is 1.89. The van der Waals surface area contributed by atoms with E-state index in [4.69, 9.17) is 13.9 Å². The molecule has 0 bridgehead atoms. The van der Waals surface area contributed by atoms with Crippen molar-refractivity contribution in [3.05, 3.63) is 42.0 Å². The largest absolute Gasteiger partial charge is 0.475 e. The van der Waals surface area contributed by atoms with Crippen molar-refractivity contribution in [1.82, 2.24) is 10.3 Å². The number of ether oxygens (including phenoxy) is 2. The minimum Gasteiger partial charge on any atom is -0.475 e. The third kappa shape index (κ3) is 5.30. The Hall–Kier alpha value is -2.54. The van der Waals surface area contributed by atoms with Crippen molar-refractivity contribution in [2.45, 2.75) is 19.9 Å². The predicted molar refractivity (Wildman–Crippen MR) is 85.6 cm³/mol. The Morgan fingerprint density at radius 1 is 1.30 bits per heavy atom. The van der Waals surface area contributed by atoms with Crippen LogP contribution in [0.3, 0.4) is 0 Å². The van der Waals surface area contributed by atoms with Crippen LogP contribution in [0.1, 0.15) is 24.5 Å². The summed E-state index contributed by atoms with van der Waals surface area (Å²) in [5, 5.41) is 5.50. The van der Waals surface area contributed by atoms with Crippen molar-refractivity contribution >= 4 is 11.7 Å². The van der Waals surface area contributed by atoms with Gasteiger partial charge in [-0.05, 0) is 32.0 Å². The van der Waals surface area contributed by atoms with Crippen molar-refractivity contribution in [1.29, 1.82) is 0 Å². The van der Waals surface area contributed by atoms with Crippen LogP contribution in [0.15, 0.2) is 34.9 Å². The van der Waals surface area contributed by atoms with Gasteiger partial charge in [-0.2, -0.15) is 0 Å². The summed E-state index contributed by atoms with van der Waals surface area (Å²) in [6, 6.07) is 6.54. The molecule has 2 aromatic heterocycles. The van der Waals surface area contributed by atoms with Gasteiger partial charge in [0.1, 0.15) is 18.1 Å². The Labute approximate surface area is 135 Å². The first kappa shape index (κ1) is 16.8. The van der Waals surface area contributed by atoms with Crippen LogP contribution in [0.2, 0.25) is 0 Å². The van der Waals surface area contributed by atoms with Crippen molar-refractivity contribution in [2.75, 3.05) is 25.6 Å². The smallest absolute Gasteiger partial charge is 0.319 e. The summed E-state index contributed by atoms with van der Waals surface area (Å²) in [6.45, 7) is 4.63. The molecular formula is C16H21N3O4. The molecule has 2 amide bonds. The Morgan fingerprint density at radius 2 is 2.13 bits per heavy atom. The second kappa shape index (κ2) is 8.19. The molecule has 0 saturated heterocycles. The fourth-order valence-corrected chi connectivity index (χ4v) is 1.89. The summed E-state index contributed by atoms with van der Waals surface area (Å²) in [6.07, 6.45) is 1.53. The van der Waals surface area contributed by atoms with Gasteiger partial charge in [-0.15, -0.1) is 0 Å². The summed E-state index contributed by atoms with van der Waals surface area (Å²) in [7, 11) is 1.60. The number of methoxy groups -OCH3 is 1. The van der Waals surface area contributed by atoms with Crippen LogP contribution in [-0.2, 0) is 4.74 Å². The molecule has 0 aliphatic carbocycles. The van der Waals surface area contributed by atoms with Crippen LogP contribution in [-0.4, -0.2) is 31.3 Å². The molecule has 7 heteroatoms. The normalized spacial score (nSPS) is 11.8. The van der Waals surface area contributed by atoms with Crippen LogP contribution >= 0.6 is 0 Å². The molecule has 7 nitrogen and oxygen atoms in total. The molecule has 0 radical (unpaired) electrons. The number of nitrogens with zero attached hydrogens (tertiary/aromatic N) is 1. The molecule has 0 aliphatic heterocycles. The van der Waals surface area contributed by atoms with Crippen molar-refractivity contribution in [2.24, 2.45) is 0 Å². The highest BCUT2D eigenvalue weighted by atomic mass is 16.5. The van der Waals surface area contributed by atoms with Gasteiger partial charge in [-0.3, -0.25) is 0 Å². The maximum absolute atomic E-state index is 12.0. The number of carbonyl (C=O) groups is 1. The lowest BCUT2D eigenvalue weighted by Crippen LogP contribution is -2.31. The number of urea groups is 1. The zero-order chi connectivity index (χ0) is 16.7. The third-order valence-electron chi connectivity index (χ3n) is 3.07. The van der Waals surface area contributed by atoms with E-state index in [2.05, 4.69) is 15.6 Å². The molecule has 2 N–H and O–H groups in total. The number of hydrogen-bond donors (Lipinski definition) is 2. The van der Waals surface area contributed by atoms with E-state index < -0.39 is 0 Å². The highest BCUT2D eigenvalue weighted by Gasteiger charge is 2.12. The number of furan rings is 1. The topological polar surface area (TPSA) is 85.6 Å². The highest BCUT2D eigenvalue weighted by molar-refractivity contribution is 5.89. The number of anilines is 1. The van der Waals surface area contributed by atoms with Crippen LogP contribution < -0.4 is 15.4 Å². The van der Waals surface area contributed by atoms with E-state index in [1.807, 2.05) is 26.0 Å². The number of amides is 2. The lowest BCUT2D eigenvalue weighted by Gasteiger charge is -2.12. The quantitative estimate of drug-likeness (QED) is 0.766. The van der Waals surface area contributed by atoms with Gasteiger partial charge in [-0.1, -0.05) is 0 Å². The van der Waals surface area contributed by atoms with Crippen molar-refractivity contribution in [3.8, 4) is 5.88 Å². The highest BCUT2D eigenvalue weighted by Crippen LogP contribution is 2.16. The molecule has 0 aliphatic rings. The van der Waals surface area contributed by atoms with Crippen LogP contribution in [0.4, 0.5) is 10.5 Å². The summed E-state index contributed by atoms with van der Waals surface area (Å²) in [4.78, 5) is 16.1. The van der Waals surface area contributed by atoms with Gasteiger partial charge in [0, 0.05) is 13.2 Å². The molecule has 0 saturated carbocycles. The minimum atomic E-state index is -0.332. The first-order valence-corrected chi connectivity index (χ1v) is 7.30. The molecule has 0 spiro atoms. The van der Waals surface area contributed by atoms with E-state index in [0.717, 1.165) is 5.76 Å². The van der Waals surface area contributed by atoms with Crippen molar-refractivity contribution < 1.29 is 18.7 Å². The Morgan fingerprint density at radius 3 is 2.74 bits per heavy atom. The molecule has 2 aromatic rings. The second-order valence-electron chi connectivity index (χ2n) is 4.99. The molecular weight excluding hydrogens is 298 g/mol. The average Bonchev–Trinajstić information content (AvgIpc) is 2.96. The van der Waals surface area contributed by atoms with Gasteiger partial charge in [0.25, 0.3) is 0 Å². The molecule has 1 unspecified atom stereocenters. The third-order valence-corrected chi connectivity index (χ3v) is 3.07. The number of carbonyl (C=O) groups excluding carboxylic acids is 1. The number of hydrogen-bond acceptors (Lipinski definition) is 5. The summed E-state index contributed by atoms with van der Waals surface area (Å²) in [5.41, 5.74) is 0.574. The first-order valence-electron chi connectivity index (χ1n) is 7.30. The van der Waals surface area contributed by atoms with E-state index in [9.17, 15) is 4.79 Å². The molecule has 23 heavy (non-hydrogen) atoms. The first-order chi connectivity index (χ1) is 11.1. The number of nitrogens with one attached hydrogen (secondary N) is 2. The van der Waals surface area contributed by atoms with E-state index in [-0.39, 0.29) is 12.1 Å². The maximum atomic E-state index is 12.0. The lowest BCUT2D eigenvalue weighted by atomic mass is 10.2. The number of rotatable bonds is 7. The van der Waals surface area contributed by atoms with Crippen LogP contribution in [0.5, 0.6) is 5.88 Å². The second-order valence-corrected chi connectivity index (χ2v) is 4.99. The lowest BCUT2D eigenvalue weighted by molar-refractivity contribution is 0.144. The maximum Gasteiger partial charge on any atom is 0.319 e. The standard InChI is InChI=1S/C16H21N3O4/c1-11-4-6-14(23-11)12(2)18-16(20)19-13-5-7-15(17-10-13)22-9-8-21-3/h4-7,10,12H,8-9H2,1-3H3,(H2,18,19,20). The Balaban J connectivity index is 1.82. The van der Waals surface area contributed by atoms with Gasteiger partial charge in [-0.25, -0.2) is 9.78 Å². The van der Waals surface area contributed by atoms with Crippen molar-refractivity contribution in [3.63, 3.8) is 0 Å². The average molecular weight is 319 g/mol. The Bertz CT molecular complexity index is 625. The fraction of sp³-hybridized carbons (Fsp3) is 0.375. The van der Waals surface area contributed by atoms with E-state index >= 15 is 0 Å². The molecule has 1 atom stereocenters. The van der Waals surface area contributed by atoms with Gasteiger partial charge in [0.2, 0.25) is 5.88 Å². The number of pyridine rings is 1. The molecule has 0 fully saturated rings. The summed E-state index contributed by atoms with van der Waals surface area (Å²) >= 11 is 0. The van der Waals surface area contributed by atoms with Gasteiger partial charge >= 0.3 is 6.03 Å². The minimum absolute atomic E-state index is 0.228. The number of aryl methyl sites for hydroxylation is 1. The molecule has 124 valence electrons. The summed E-state index contributed by atoms with van der Waals surface area (Å²) in [5.74, 6) is 1.99. The van der Waals surface area contributed by atoms with E-state index in [1.54, 1.807) is 19.2 Å². The predicted octanol–water partition coefficient (Wildman–Crippen LogP) is 2.89. The molecule has 2 rings (SSSR count). The van der Waals surface area contributed by atoms with Gasteiger partial charge in [0.15, 0.2) is 0 Å². The summed E-state index contributed by atoms with van der Waals surface area (Å²) < 4.78 is 15.7. The zero-order valence-corrected chi connectivity index (χ0v) is 13.5. The van der Waals surface area contributed by atoms with Gasteiger partial charge in [0.05, 0.1) is 24.5 Å². The van der Waals surface area contributed by atoms with Crippen LogP contribution in [0, 0.1) is 6.92 Å². The SMILES string of the molecule is COCCOc1ccc(NC(=O)NC(C)c2ccc(C)o2)cn1.